The van der Waals surface area contributed by atoms with Crippen LogP contribution in [0.15, 0.2) is 18.2 Å². The second-order valence-corrected chi connectivity index (χ2v) is 6.66. The van der Waals surface area contributed by atoms with E-state index in [4.69, 9.17) is 0 Å². The Hall–Kier alpha value is -2.41. The number of hydrogen-bond acceptors (Lipinski definition) is 4. The molecular formula is C18H24N4O3. The molecule has 0 saturated carbocycles. The van der Waals surface area contributed by atoms with Gasteiger partial charge in [0, 0.05) is 30.8 Å². The number of piperidine rings is 1. The first-order valence-electron chi connectivity index (χ1n) is 8.75. The minimum Gasteiger partial charge on any atom is -0.352 e. The molecule has 7 heteroatoms. The summed E-state index contributed by atoms with van der Waals surface area (Å²) in [5, 5.41) is 8.62. The van der Waals surface area contributed by atoms with Crippen LogP contribution < -0.4 is 20.9 Å². The standard InChI is InChI=1S/C18H24N4O3/c1-12-2-3-14(17(24)20-11-13-4-7-19-8-5-13)10-15(12)22-9-6-16(23)21-18(22)25/h2-3,10,13,19H,4-9,11H2,1H3,(H,20,24)(H,21,23,25). The average molecular weight is 344 g/mol. The molecule has 2 aliphatic heterocycles. The van der Waals surface area contributed by atoms with E-state index in [0.29, 0.717) is 30.3 Å². The molecule has 0 aliphatic carbocycles. The number of aryl methyl sites for hydroxylation is 1. The fraction of sp³-hybridized carbons (Fsp3) is 0.500. The molecular weight excluding hydrogens is 320 g/mol. The molecule has 0 bridgehead atoms. The van der Waals surface area contributed by atoms with E-state index in [0.717, 1.165) is 31.5 Å². The summed E-state index contributed by atoms with van der Waals surface area (Å²) >= 11 is 0. The van der Waals surface area contributed by atoms with E-state index >= 15 is 0 Å². The maximum Gasteiger partial charge on any atom is 0.328 e. The van der Waals surface area contributed by atoms with Crippen molar-refractivity contribution in [2.24, 2.45) is 5.92 Å². The number of urea groups is 1. The molecule has 3 N–H and O–H groups in total. The van der Waals surface area contributed by atoms with E-state index in [1.807, 2.05) is 13.0 Å². The van der Waals surface area contributed by atoms with Crippen molar-refractivity contribution in [3.8, 4) is 0 Å². The summed E-state index contributed by atoms with van der Waals surface area (Å²) in [5.74, 6) is 0.108. The number of carbonyl (C=O) groups excluding carboxylic acids is 3. The van der Waals surface area contributed by atoms with Crippen molar-refractivity contribution in [2.45, 2.75) is 26.2 Å². The third-order valence-electron chi connectivity index (χ3n) is 4.83. The van der Waals surface area contributed by atoms with Gasteiger partial charge in [-0.1, -0.05) is 6.07 Å². The molecule has 134 valence electrons. The fourth-order valence-corrected chi connectivity index (χ4v) is 3.26. The largest absolute Gasteiger partial charge is 0.352 e. The predicted molar refractivity (Wildman–Crippen MR) is 94.6 cm³/mol. The van der Waals surface area contributed by atoms with E-state index in [-0.39, 0.29) is 18.2 Å². The number of rotatable bonds is 4. The van der Waals surface area contributed by atoms with Crippen molar-refractivity contribution < 1.29 is 14.4 Å². The molecule has 0 atom stereocenters. The fourth-order valence-electron chi connectivity index (χ4n) is 3.26. The summed E-state index contributed by atoms with van der Waals surface area (Å²) < 4.78 is 0. The van der Waals surface area contributed by atoms with Gasteiger partial charge < -0.3 is 10.6 Å². The molecule has 2 saturated heterocycles. The lowest BCUT2D eigenvalue weighted by molar-refractivity contribution is -0.120. The second kappa shape index (κ2) is 7.65. The molecule has 4 amide bonds. The van der Waals surface area contributed by atoms with Crippen molar-refractivity contribution in [3.05, 3.63) is 29.3 Å². The summed E-state index contributed by atoms with van der Waals surface area (Å²) in [5.41, 5.74) is 2.08. The maximum atomic E-state index is 12.5. The van der Waals surface area contributed by atoms with Gasteiger partial charge in [0.2, 0.25) is 5.91 Å². The van der Waals surface area contributed by atoms with Gasteiger partial charge in [0.15, 0.2) is 0 Å². The highest BCUT2D eigenvalue weighted by Gasteiger charge is 2.26. The Balaban J connectivity index is 1.69. The molecule has 2 fully saturated rings. The molecule has 0 aromatic heterocycles. The number of benzene rings is 1. The molecule has 7 nitrogen and oxygen atoms in total. The number of nitrogens with one attached hydrogen (secondary N) is 3. The Labute approximate surface area is 147 Å². The van der Waals surface area contributed by atoms with Crippen molar-refractivity contribution in [1.82, 2.24) is 16.0 Å². The summed E-state index contributed by atoms with van der Waals surface area (Å²) in [6.07, 6.45) is 2.40. The van der Waals surface area contributed by atoms with Crippen LogP contribution in [0.3, 0.4) is 0 Å². The van der Waals surface area contributed by atoms with Crippen molar-refractivity contribution in [2.75, 3.05) is 31.1 Å². The number of nitrogens with zero attached hydrogens (tertiary/aromatic N) is 1. The molecule has 0 spiro atoms. The van der Waals surface area contributed by atoms with Crippen LogP contribution in [0.25, 0.3) is 0 Å². The Kier molecular flexibility index (Phi) is 5.33. The molecule has 3 rings (SSSR count). The number of amides is 4. The first-order valence-corrected chi connectivity index (χ1v) is 8.75. The van der Waals surface area contributed by atoms with E-state index < -0.39 is 6.03 Å². The molecule has 25 heavy (non-hydrogen) atoms. The first-order chi connectivity index (χ1) is 12.0. The van der Waals surface area contributed by atoms with Gasteiger partial charge in [-0.2, -0.15) is 0 Å². The third-order valence-corrected chi connectivity index (χ3v) is 4.83. The number of hydrogen-bond donors (Lipinski definition) is 3. The normalized spacial score (nSPS) is 18.8. The van der Waals surface area contributed by atoms with Crippen LogP contribution in [-0.4, -0.2) is 44.0 Å². The zero-order valence-corrected chi connectivity index (χ0v) is 14.4. The van der Waals surface area contributed by atoms with E-state index in [9.17, 15) is 14.4 Å². The van der Waals surface area contributed by atoms with Gasteiger partial charge in [-0.3, -0.25) is 19.8 Å². The van der Waals surface area contributed by atoms with Gasteiger partial charge in [0.25, 0.3) is 5.91 Å². The first kappa shape index (κ1) is 17.4. The molecule has 2 heterocycles. The smallest absolute Gasteiger partial charge is 0.328 e. The monoisotopic (exact) mass is 344 g/mol. The van der Waals surface area contributed by atoms with Gasteiger partial charge in [-0.15, -0.1) is 0 Å². The summed E-state index contributed by atoms with van der Waals surface area (Å²) in [6, 6.07) is 4.89. The number of carbonyl (C=O) groups is 3. The molecule has 0 radical (unpaired) electrons. The molecule has 0 unspecified atom stereocenters. The van der Waals surface area contributed by atoms with Gasteiger partial charge >= 0.3 is 6.03 Å². The average Bonchev–Trinajstić information content (AvgIpc) is 2.61. The Bertz CT molecular complexity index is 683. The van der Waals surface area contributed by atoms with Gasteiger partial charge in [0.05, 0.1) is 0 Å². The van der Waals surface area contributed by atoms with Crippen LogP contribution >= 0.6 is 0 Å². The second-order valence-electron chi connectivity index (χ2n) is 6.66. The lowest BCUT2D eigenvalue weighted by Gasteiger charge is -2.28. The summed E-state index contributed by atoms with van der Waals surface area (Å²) in [7, 11) is 0. The van der Waals surface area contributed by atoms with Gasteiger partial charge in [0.1, 0.15) is 0 Å². The molecule has 2 aliphatic rings. The lowest BCUT2D eigenvalue weighted by Crippen LogP contribution is -2.49. The highest BCUT2D eigenvalue weighted by Crippen LogP contribution is 2.23. The third kappa shape index (κ3) is 4.17. The quantitative estimate of drug-likeness (QED) is 0.765. The van der Waals surface area contributed by atoms with E-state index in [2.05, 4.69) is 16.0 Å². The zero-order valence-electron chi connectivity index (χ0n) is 14.4. The van der Waals surface area contributed by atoms with Crippen molar-refractivity contribution in [1.29, 1.82) is 0 Å². The van der Waals surface area contributed by atoms with Crippen LogP contribution in [0.1, 0.15) is 35.2 Å². The van der Waals surface area contributed by atoms with Crippen LogP contribution in [0.5, 0.6) is 0 Å². The van der Waals surface area contributed by atoms with Crippen LogP contribution in [0.4, 0.5) is 10.5 Å². The zero-order chi connectivity index (χ0) is 17.8. The van der Waals surface area contributed by atoms with Crippen LogP contribution in [-0.2, 0) is 4.79 Å². The van der Waals surface area contributed by atoms with Crippen LogP contribution in [0.2, 0.25) is 0 Å². The number of anilines is 1. The highest BCUT2D eigenvalue weighted by atomic mass is 16.2. The lowest BCUT2D eigenvalue weighted by atomic mass is 9.98. The summed E-state index contributed by atoms with van der Waals surface area (Å²) in [4.78, 5) is 37.4. The minimum atomic E-state index is -0.438. The Morgan fingerprint density at radius 2 is 2.04 bits per heavy atom. The summed E-state index contributed by atoms with van der Waals surface area (Å²) in [6.45, 7) is 4.87. The van der Waals surface area contributed by atoms with Crippen molar-refractivity contribution >= 4 is 23.5 Å². The SMILES string of the molecule is Cc1ccc(C(=O)NCC2CCNCC2)cc1N1CCC(=O)NC1=O. The topological polar surface area (TPSA) is 90.5 Å². The Morgan fingerprint density at radius 3 is 2.76 bits per heavy atom. The van der Waals surface area contributed by atoms with Gasteiger partial charge in [-0.25, -0.2) is 4.79 Å². The minimum absolute atomic E-state index is 0.131. The number of imide groups is 1. The van der Waals surface area contributed by atoms with E-state index in [1.54, 1.807) is 12.1 Å². The van der Waals surface area contributed by atoms with Crippen LogP contribution in [0, 0.1) is 12.8 Å². The Morgan fingerprint density at radius 1 is 1.28 bits per heavy atom. The van der Waals surface area contributed by atoms with Crippen molar-refractivity contribution in [3.63, 3.8) is 0 Å². The van der Waals surface area contributed by atoms with Gasteiger partial charge in [-0.05, 0) is 56.5 Å². The maximum absolute atomic E-state index is 12.5. The predicted octanol–water partition coefficient (Wildman–Crippen LogP) is 1.17. The van der Waals surface area contributed by atoms with E-state index in [1.165, 1.54) is 4.90 Å². The molecule has 1 aromatic rings. The highest BCUT2D eigenvalue weighted by molar-refractivity contribution is 6.06. The molecule has 1 aromatic carbocycles.